The molecule has 0 aromatic heterocycles. The highest BCUT2D eigenvalue weighted by molar-refractivity contribution is 5.91. The molecule has 0 heterocycles. The van der Waals surface area contributed by atoms with E-state index in [1.165, 1.54) is 0 Å². The molecule has 0 atom stereocenters. The molecule has 7 heteroatoms. The van der Waals surface area contributed by atoms with E-state index in [-0.39, 0.29) is 6.42 Å². The van der Waals surface area contributed by atoms with Crippen LogP contribution in [-0.2, 0) is 16.0 Å². The molecule has 0 bridgehead atoms. The standard InChI is InChI=1S/C19H19NO3.C8H9NO2/c1-3-23-18-7-5-4-6-16(18)13-20-17-10-8-15(9-11-17)12-14(2)19(21)22;9-7-3-1-6(2-4-7)5-8(10)11/h4-13H,3H2,1-2H3,(H,21,22);1-4H,5,9H2,(H,10,11)/b14-12+,20-13+;. The Labute approximate surface area is 198 Å². The van der Waals surface area contributed by atoms with Gasteiger partial charge in [0.15, 0.2) is 0 Å². The third-order valence-electron chi connectivity index (χ3n) is 4.52. The number of hydrogen-bond donors (Lipinski definition) is 3. The molecule has 0 saturated carbocycles. The zero-order valence-corrected chi connectivity index (χ0v) is 19.1. The minimum atomic E-state index is -0.917. The van der Waals surface area contributed by atoms with E-state index < -0.39 is 11.9 Å². The molecule has 0 radical (unpaired) electrons. The van der Waals surface area contributed by atoms with Gasteiger partial charge in [0.2, 0.25) is 0 Å². The highest BCUT2D eigenvalue weighted by Gasteiger charge is 2.01. The largest absolute Gasteiger partial charge is 0.493 e. The van der Waals surface area contributed by atoms with E-state index in [0.717, 1.165) is 28.1 Å². The number of nitrogens with two attached hydrogens (primary N) is 1. The molecule has 0 saturated heterocycles. The van der Waals surface area contributed by atoms with Gasteiger partial charge in [0, 0.05) is 23.0 Å². The number of benzene rings is 3. The lowest BCUT2D eigenvalue weighted by atomic mass is 10.1. The van der Waals surface area contributed by atoms with E-state index in [1.807, 2.05) is 55.5 Å². The summed E-state index contributed by atoms with van der Waals surface area (Å²) in [7, 11) is 0. The minimum Gasteiger partial charge on any atom is -0.493 e. The van der Waals surface area contributed by atoms with Gasteiger partial charge in [-0.25, -0.2) is 4.79 Å². The fourth-order valence-electron chi connectivity index (χ4n) is 2.80. The first kappa shape index (κ1) is 25.9. The number of nitrogens with zero attached hydrogens (tertiary/aromatic N) is 1. The second kappa shape index (κ2) is 13.2. The van der Waals surface area contributed by atoms with Crippen LogP contribution in [-0.4, -0.2) is 35.0 Å². The number of para-hydroxylation sites is 1. The summed E-state index contributed by atoms with van der Waals surface area (Å²) in [6, 6.07) is 21.9. The SMILES string of the molecule is CCOc1ccccc1/C=N/c1ccc(/C=C(\C)C(=O)O)cc1.Nc1ccc(CC(=O)O)cc1. The van der Waals surface area contributed by atoms with Gasteiger partial charge in [-0.2, -0.15) is 0 Å². The number of ether oxygens (including phenoxy) is 1. The lowest BCUT2D eigenvalue weighted by Gasteiger charge is -2.05. The van der Waals surface area contributed by atoms with Crippen molar-refractivity contribution < 1.29 is 24.5 Å². The van der Waals surface area contributed by atoms with E-state index in [0.29, 0.717) is 17.9 Å². The molecular weight excluding hydrogens is 432 g/mol. The lowest BCUT2D eigenvalue weighted by Crippen LogP contribution is -1.99. The molecule has 0 aliphatic carbocycles. The van der Waals surface area contributed by atoms with Gasteiger partial charge >= 0.3 is 11.9 Å². The Hall–Kier alpha value is -4.39. The monoisotopic (exact) mass is 460 g/mol. The third-order valence-corrected chi connectivity index (χ3v) is 4.52. The molecule has 0 aliphatic rings. The van der Waals surface area contributed by atoms with Crippen molar-refractivity contribution >= 4 is 35.6 Å². The Bertz CT molecular complexity index is 1150. The summed E-state index contributed by atoms with van der Waals surface area (Å²) in [5.41, 5.74) is 9.67. The van der Waals surface area contributed by atoms with Gasteiger partial charge in [0.1, 0.15) is 5.75 Å². The maximum absolute atomic E-state index is 10.8. The van der Waals surface area contributed by atoms with Gasteiger partial charge < -0.3 is 20.7 Å². The Morgan fingerprint density at radius 2 is 1.62 bits per heavy atom. The summed E-state index contributed by atoms with van der Waals surface area (Å²) in [4.78, 5) is 25.5. The Morgan fingerprint density at radius 3 is 2.21 bits per heavy atom. The molecule has 0 fully saturated rings. The van der Waals surface area contributed by atoms with Crippen LogP contribution in [0.4, 0.5) is 11.4 Å². The predicted octanol–water partition coefficient (Wildman–Crippen LogP) is 5.22. The molecule has 0 spiro atoms. The number of aliphatic imine (C=N–C) groups is 1. The number of nitrogen functional groups attached to an aromatic ring is 1. The average molecular weight is 461 g/mol. The second-order valence-corrected chi connectivity index (χ2v) is 7.27. The van der Waals surface area contributed by atoms with Gasteiger partial charge in [0.05, 0.1) is 18.7 Å². The fraction of sp³-hybridized carbons (Fsp3) is 0.148. The van der Waals surface area contributed by atoms with Crippen molar-refractivity contribution in [3.63, 3.8) is 0 Å². The normalized spacial score (nSPS) is 10.9. The van der Waals surface area contributed by atoms with Crippen LogP contribution in [0.3, 0.4) is 0 Å². The van der Waals surface area contributed by atoms with Gasteiger partial charge in [-0.1, -0.05) is 36.4 Å². The van der Waals surface area contributed by atoms with E-state index in [4.69, 9.17) is 20.7 Å². The lowest BCUT2D eigenvalue weighted by molar-refractivity contribution is -0.136. The van der Waals surface area contributed by atoms with Crippen molar-refractivity contribution in [2.75, 3.05) is 12.3 Å². The molecule has 34 heavy (non-hydrogen) atoms. The van der Waals surface area contributed by atoms with Crippen molar-refractivity contribution in [2.24, 2.45) is 4.99 Å². The van der Waals surface area contributed by atoms with Crippen LogP contribution in [0.15, 0.2) is 83.4 Å². The second-order valence-electron chi connectivity index (χ2n) is 7.27. The third kappa shape index (κ3) is 9.00. The molecule has 7 nitrogen and oxygen atoms in total. The van der Waals surface area contributed by atoms with E-state index in [9.17, 15) is 9.59 Å². The van der Waals surface area contributed by atoms with Gasteiger partial charge in [-0.05, 0) is 67.4 Å². The van der Waals surface area contributed by atoms with Crippen molar-refractivity contribution in [1.82, 2.24) is 0 Å². The number of carbonyl (C=O) groups is 2. The molecule has 3 aromatic carbocycles. The van der Waals surface area contributed by atoms with Crippen LogP contribution in [0, 0.1) is 0 Å². The number of rotatable bonds is 8. The smallest absolute Gasteiger partial charge is 0.331 e. The van der Waals surface area contributed by atoms with Crippen molar-refractivity contribution in [1.29, 1.82) is 0 Å². The van der Waals surface area contributed by atoms with Crippen molar-refractivity contribution in [3.8, 4) is 5.75 Å². The quantitative estimate of drug-likeness (QED) is 0.241. The van der Waals surface area contributed by atoms with Crippen LogP contribution < -0.4 is 10.5 Å². The molecule has 0 aliphatic heterocycles. The van der Waals surface area contributed by atoms with Gasteiger partial charge in [-0.3, -0.25) is 9.79 Å². The zero-order valence-electron chi connectivity index (χ0n) is 19.1. The molecule has 176 valence electrons. The Morgan fingerprint density at radius 1 is 0.971 bits per heavy atom. The summed E-state index contributed by atoms with van der Waals surface area (Å²) in [5.74, 6) is -0.940. The van der Waals surface area contributed by atoms with E-state index in [1.54, 1.807) is 43.5 Å². The topological polar surface area (TPSA) is 122 Å². The highest BCUT2D eigenvalue weighted by atomic mass is 16.5. The van der Waals surface area contributed by atoms with Crippen LogP contribution >= 0.6 is 0 Å². The van der Waals surface area contributed by atoms with E-state index >= 15 is 0 Å². The summed E-state index contributed by atoms with van der Waals surface area (Å²) >= 11 is 0. The summed E-state index contributed by atoms with van der Waals surface area (Å²) in [6.45, 7) is 4.12. The average Bonchev–Trinajstić information content (AvgIpc) is 2.81. The van der Waals surface area contributed by atoms with Crippen LogP contribution in [0.1, 0.15) is 30.5 Å². The number of aliphatic carboxylic acids is 2. The molecule has 3 rings (SSSR count). The molecule has 0 amide bonds. The van der Waals surface area contributed by atoms with Crippen molar-refractivity contribution in [2.45, 2.75) is 20.3 Å². The van der Waals surface area contributed by atoms with Crippen molar-refractivity contribution in [3.05, 3.63) is 95.1 Å². The fourth-order valence-corrected chi connectivity index (χ4v) is 2.80. The summed E-state index contributed by atoms with van der Waals surface area (Å²) in [5, 5.41) is 17.3. The number of carboxylic acids is 2. The molecular formula is C27H28N2O5. The Balaban J connectivity index is 0.000000310. The first-order valence-electron chi connectivity index (χ1n) is 10.6. The van der Waals surface area contributed by atoms with Gasteiger partial charge in [-0.15, -0.1) is 0 Å². The highest BCUT2D eigenvalue weighted by Crippen LogP contribution is 2.19. The Kier molecular flexibility index (Phi) is 10.1. The molecule has 3 aromatic rings. The maximum Gasteiger partial charge on any atom is 0.331 e. The first-order chi connectivity index (χ1) is 16.3. The zero-order chi connectivity index (χ0) is 24.9. The van der Waals surface area contributed by atoms with E-state index in [2.05, 4.69) is 4.99 Å². The maximum atomic E-state index is 10.8. The number of hydrogen-bond acceptors (Lipinski definition) is 5. The first-order valence-corrected chi connectivity index (χ1v) is 10.6. The van der Waals surface area contributed by atoms with Gasteiger partial charge in [0.25, 0.3) is 0 Å². The molecule has 0 unspecified atom stereocenters. The van der Waals surface area contributed by atoms with Crippen LogP contribution in [0.2, 0.25) is 0 Å². The van der Waals surface area contributed by atoms with Crippen LogP contribution in [0.25, 0.3) is 6.08 Å². The summed E-state index contributed by atoms with van der Waals surface area (Å²) < 4.78 is 5.56. The summed E-state index contributed by atoms with van der Waals surface area (Å²) in [6.07, 6.45) is 3.44. The molecule has 4 N–H and O–H groups in total. The van der Waals surface area contributed by atoms with Crippen LogP contribution in [0.5, 0.6) is 5.75 Å². The number of carboxylic acid groups (broad SMARTS) is 2. The minimum absolute atomic E-state index is 0.0558. The number of anilines is 1. The predicted molar refractivity (Wildman–Crippen MR) is 135 cm³/mol.